The van der Waals surface area contributed by atoms with Crippen molar-refractivity contribution < 1.29 is 0 Å². The van der Waals surface area contributed by atoms with Gasteiger partial charge in [0.05, 0.1) is 0 Å². The van der Waals surface area contributed by atoms with Crippen molar-refractivity contribution in [3.05, 3.63) is 29.3 Å². The average Bonchev–Trinajstić information content (AvgIpc) is 2.61. The molecule has 1 aliphatic rings. The Labute approximate surface area is 84.1 Å². The fourth-order valence-corrected chi connectivity index (χ4v) is 1.92. The maximum atomic E-state index is 5.66. The Bertz CT molecular complexity index is 296. The molecule has 0 aromatic heterocycles. The van der Waals surface area contributed by atoms with Crippen molar-refractivity contribution in [3.63, 3.8) is 0 Å². The maximum Gasteiger partial charge on any atom is 0.0373 e. The van der Waals surface area contributed by atoms with Crippen LogP contribution in [0.1, 0.15) is 17.5 Å². The first-order valence-electron chi connectivity index (χ1n) is 4.82. The quantitative estimate of drug-likeness (QED) is 0.732. The molecule has 0 saturated heterocycles. The Hall–Kier alpha value is -0.690. The molecular weight excluding hydrogens is 182 g/mol. The third kappa shape index (κ3) is 1.97. The van der Waals surface area contributed by atoms with E-state index in [1.807, 2.05) is 0 Å². The molecule has 0 radical (unpaired) electrons. The number of anilines is 1. The van der Waals surface area contributed by atoms with Gasteiger partial charge in [-0.3, -0.25) is 0 Å². The van der Waals surface area contributed by atoms with E-state index < -0.39 is 0 Å². The third-order valence-electron chi connectivity index (χ3n) is 2.48. The molecule has 0 amide bonds. The molecular formula is C11H14ClN. The highest BCUT2D eigenvalue weighted by atomic mass is 35.5. The van der Waals surface area contributed by atoms with Crippen LogP contribution in [-0.2, 0) is 12.8 Å². The lowest BCUT2D eigenvalue weighted by molar-refractivity contribution is 0.926. The van der Waals surface area contributed by atoms with Gasteiger partial charge in [-0.2, -0.15) is 0 Å². The van der Waals surface area contributed by atoms with E-state index in [2.05, 4.69) is 23.5 Å². The van der Waals surface area contributed by atoms with Gasteiger partial charge >= 0.3 is 0 Å². The molecule has 2 heteroatoms. The number of nitrogens with one attached hydrogen (secondary N) is 1. The largest absolute Gasteiger partial charge is 0.384 e. The van der Waals surface area contributed by atoms with Crippen molar-refractivity contribution in [2.45, 2.75) is 19.3 Å². The maximum absolute atomic E-state index is 5.66. The van der Waals surface area contributed by atoms with Crippen LogP contribution in [0.4, 0.5) is 5.69 Å². The Morgan fingerprint density at radius 2 is 2.31 bits per heavy atom. The molecule has 1 N–H and O–H groups in total. The van der Waals surface area contributed by atoms with Gasteiger partial charge in [0.25, 0.3) is 0 Å². The van der Waals surface area contributed by atoms with E-state index in [4.69, 9.17) is 11.6 Å². The molecule has 1 nitrogen and oxygen atoms in total. The van der Waals surface area contributed by atoms with Crippen molar-refractivity contribution in [2.75, 3.05) is 17.7 Å². The molecule has 1 aromatic carbocycles. The first-order chi connectivity index (χ1) is 6.40. The number of halogens is 1. The van der Waals surface area contributed by atoms with Gasteiger partial charge in [0.15, 0.2) is 0 Å². The Kier molecular flexibility index (Phi) is 2.74. The van der Waals surface area contributed by atoms with Gasteiger partial charge in [-0.15, -0.1) is 11.6 Å². The van der Waals surface area contributed by atoms with Crippen LogP contribution < -0.4 is 5.32 Å². The highest BCUT2D eigenvalue weighted by Crippen LogP contribution is 2.23. The number of hydrogen-bond acceptors (Lipinski definition) is 1. The van der Waals surface area contributed by atoms with Crippen molar-refractivity contribution in [3.8, 4) is 0 Å². The van der Waals surface area contributed by atoms with Crippen LogP contribution in [0.15, 0.2) is 18.2 Å². The lowest BCUT2D eigenvalue weighted by Crippen LogP contribution is -1.90. The zero-order valence-corrected chi connectivity index (χ0v) is 8.40. The van der Waals surface area contributed by atoms with Gasteiger partial charge in [-0.25, -0.2) is 0 Å². The topological polar surface area (TPSA) is 12.0 Å². The summed E-state index contributed by atoms with van der Waals surface area (Å²) in [5, 5.41) is 3.36. The van der Waals surface area contributed by atoms with E-state index in [9.17, 15) is 0 Å². The first kappa shape index (κ1) is 8.89. The van der Waals surface area contributed by atoms with E-state index in [0.717, 1.165) is 25.3 Å². The average molecular weight is 196 g/mol. The molecule has 0 fully saturated rings. The fraction of sp³-hybridized carbons (Fsp3) is 0.455. The zero-order chi connectivity index (χ0) is 9.10. The van der Waals surface area contributed by atoms with E-state index in [0.29, 0.717) is 0 Å². The van der Waals surface area contributed by atoms with Crippen molar-refractivity contribution in [1.82, 2.24) is 0 Å². The number of aryl methyl sites for hydroxylation is 1. The fourth-order valence-electron chi connectivity index (χ4n) is 1.78. The normalized spacial score (nSPS) is 13.9. The van der Waals surface area contributed by atoms with Gasteiger partial charge < -0.3 is 5.32 Å². The molecule has 2 rings (SSSR count). The Morgan fingerprint density at radius 1 is 1.38 bits per heavy atom. The minimum absolute atomic E-state index is 0.759. The molecule has 13 heavy (non-hydrogen) atoms. The summed E-state index contributed by atoms with van der Waals surface area (Å²) in [5.74, 6) is 0.759. The van der Waals surface area contributed by atoms with Crippen LogP contribution in [-0.4, -0.2) is 12.4 Å². The molecule has 0 spiro atoms. The standard InChI is InChI=1S/C11H14ClN/c12-6-1-2-9-3-4-11-10(8-9)5-7-13-11/h3-4,8,13H,1-2,5-7H2. The molecule has 0 bridgehead atoms. The molecule has 0 saturated carbocycles. The summed E-state index contributed by atoms with van der Waals surface area (Å²) in [5.41, 5.74) is 4.20. The van der Waals surface area contributed by atoms with E-state index in [1.165, 1.54) is 23.2 Å². The third-order valence-corrected chi connectivity index (χ3v) is 2.75. The second kappa shape index (κ2) is 4.01. The van der Waals surface area contributed by atoms with Crippen LogP contribution in [0.3, 0.4) is 0 Å². The van der Waals surface area contributed by atoms with Gasteiger partial charge in [0.1, 0.15) is 0 Å². The highest BCUT2D eigenvalue weighted by molar-refractivity contribution is 6.17. The Balaban J connectivity index is 2.12. The van der Waals surface area contributed by atoms with Crippen LogP contribution in [0.2, 0.25) is 0 Å². The predicted molar refractivity (Wildman–Crippen MR) is 57.7 cm³/mol. The molecule has 1 heterocycles. The summed E-state index contributed by atoms with van der Waals surface area (Å²) >= 11 is 5.66. The minimum Gasteiger partial charge on any atom is -0.384 e. The van der Waals surface area contributed by atoms with Crippen LogP contribution in [0, 0.1) is 0 Å². The second-order valence-corrected chi connectivity index (χ2v) is 3.84. The van der Waals surface area contributed by atoms with E-state index in [1.54, 1.807) is 0 Å². The zero-order valence-electron chi connectivity index (χ0n) is 7.65. The van der Waals surface area contributed by atoms with Gasteiger partial charge in [0, 0.05) is 18.1 Å². The summed E-state index contributed by atoms with van der Waals surface area (Å²) in [6.07, 6.45) is 3.36. The highest BCUT2D eigenvalue weighted by Gasteiger charge is 2.09. The van der Waals surface area contributed by atoms with Gasteiger partial charge in [0.2, 0.25) is 0 Å². The molecule has 0 unspecified atom stereocenters. The summed E-state index contributed by atoms with van der Waals surface area (Å²) in [6.45, 7) is 1.09. The summed E-state index contributed by atoms with van der Waals surface area (Å²) < 4.78 is 0. The first-order valence-corrected chi connectivity index (χ1v) is 5.35. The molecule has 1 aromatic rings. The number of benzene rings is 1. The lowest BCUT2D eigenvalue weighted by atomic mass is 10.1. The molecule has 70 valence electrons. The van der Waals surface area contributed by atoms with Crippen LogP contribution >= 0.6 is 11.6 Å². The summed E-state index contributed by atoms with van der Waals surface area (Å²) in [7, 11) is 0. The number of rotatable bonds is 3. The smallest absolute Gasteiger partial charge is 0.0373 e. The van der Waals surface area contributed by atoms with Crippen molar-refractivity contribution >= 4 is 17.3 Å². The van der Waals surface area contributed by atoms with Gasteiger partial charge in [-0.05, 0) is 36.5 Å². The number of fused-ring (bicyclic) bond motifs is 1. The van der Waals surface area contributed by atoms with E-state index >= 15 is 0 Å². The number of alkyl halides is 1. The van der Waals surface area contributed by atoms with Gasteiger partial charge in [-0.1, -0.05) is 12.1 Å². The molecule has 0 atom stereocenters. The number of hydrogen-bond donors (Lipinski definition) is 1. The lowest BCUT2D eigenvalue weighted by Gasteiger charge is -2.03. The van der Waals surface area contributed by atoms with Crippen molar-refractivity contribution in [1.29, 1.82) is 0 Å². The second-order valence-electron chi connectivity index (χ2n) is 3.46. The predicted octanol–water partition coefficient (Wildman–Crippen LogP) is 2.83. The van der Waals surface area contributed by atoms with Crippen LogP contribution in [0.5, 0.6) is 0 Å². The Morgan fingerprint density at radius 3 is 3.15 bits per heavy atom. The SMILES string of the molecule is ClCCCc1ccc2c(c1)CCN2. The van der Waals surface area contributed by atoms with Crippen LogP contribution in [0.25, 0.3) is 0 Å². The summed E-state index contributed by atoms with van der Waals surface area (Å²) in [4.78, 5) is 0. The van der Waals surface area contributed by atoms with E-state index in [-0.39, 0.29) is 0 Å². The molecule has 0 aliphatic carbocycles. The minimum atomic E-state index is 0.759. The summed E-state index contributed by atoms with van der Waals surface area (Å²) in [6, 6.07) is 6.69. The van der Waals surface area contributed by atoms with Crippen molar-refractivity contribution in [2.24, 2.45) is 0 Å². The molecule has 1 aliphatic heterocycles. The monoisotopic (exact) mass is 195 g/mol.